The first-order chi connectivity index (χ1) is 12.5. The number of fused-ring (bicyclic) bond motifs is 1. The molecule has 3 heterocycles. The summed E-state index contributed by atoms with van der Waals surface area (Å²) in [6, 6.07) is 11.2. The van der Waals surface area contributed by atoms with Crippen LogP contribution < -0.4 is 5.73 Å². The SMILES string of the molecule is Cn1cc(-c2ccc(-c3c(Cl)ncc4ccc(C(N)=O)nc34)cc2)cn1. The van der Waals surface area contributed by atoms with Crippen molar-refractivity contribution in [3.63, 3.8) is 0 Å². The third-order valence-corrected chi connectivity index (χ3v) is 4.44. The van der Waals surface area contributed by atoms with Crippen LogP contribution in [0.15, 0.2) is 55.0 Å². The predicted octanol–water partition coefficient (Wildman–Crippen LogP) is 3.45. The maximum atomic E-state index is 11.5. The summed E-state index contributed by atoms with van der Waals surface area (Å²) in [6.45, 7) is 0. The number of carbonyl (C=O) groups excluding carboxylic acids is 1. The van der Waals surface area contributed by atoms with Crippen molar-refractivity contribution in [1.29, 1.82) is 0 Å². The third kappa shape index (κ3) is 2.80. The third-order valence-electron chi connectivity index (χ3n) is 4.15. The van der Waals surface area contributed by atoms with Gasteiger partial charge in [-0.2, -0.15) is 5.10 Å². The molecule has 0 unspecified atom stereocenters. The number of pyridine rings is 2. The molecule has 128 valence electrons. The van der Waals surface area contributed by atoms with E-state index < -0.39 is 5.91 Å². The van der Waals surface area contributed by atoms with Gasteiger partial charge in [0, 0.05) is 36.0 Å². The number of benzene rings is 1. The number of primary amides is 1. The monoisotopic (exact) mass is 363 g/mol. The first-order valence-corrected chi connectivity index (χ1v) is 8.25. The van der Waals surface area contributed by atoms with Gasteiger partial charge in [0.15, 0.2) is 0 Å². The second kappa shape index (κ2) is 6.24. The molecule has 0 fully saturated rings. The van der Waals surface area contributed by atoms with Crippen LogP contribution in [0.3, 0.4) is 0 Å². The van der Waals surface area contributed by atoms with Gasteiger partial charge in [-0.3, -0.25) is 9.48 Å². The lowest BCUT2D eigenvalue weighted by Crippen LogP contribution is -2.13. The Hall–Kier alpha value is -3.25. The van der Waals surface area contributed by atoms with E-state index in [1.807, 2.05) is 43.7 Å². The fourth-order valence-corrected chi connectivity index (χ4v) is 3.10. The number of amides is 1. The summed E-state index contributed by atoms with van der Waals surface area (Å²) in [5, 5.41) is 5.29. The molecule has 2 N–H and O–H groups in total. The minimum absolute atomic E-state index is 0.188. The Labute approximate surface area is 154 Å². The van der Waals surface area contributed by atoms with Crippen LogP contribution in [0, 0.1) is 0 Å². The van der Waals surface area contributed by atoms with Gasteiger partial charge in [-0.1, -0.05) is 35.9 Å². The van der Waals surface area contributed by atoms with Crippen LogP contribution in [0.5, 0.6) is 0 Å². The van der Waals surface area contributed by atoms with Crippen LogP contribution in [0.1, 0.15) is 10.5 Å². The Balaban J connectivity index is 1.86. The van der Waals surface area contributed by atoms with Crippen molar-refractivity contribution in [2.45, 2.75) is 0 Å². The molecule has 4 rings (SSSR count). The molecule has 0 spiro atoms. The molecule has 0 saturated heterocycles. The van der Waals surface area contributed by atoms with Crippen LogP contribution in [-0.2, 0) is 7.05 Å². The number of nitrogens with zero attached hydrogens (tertiary/aromatic N) is 4. The highest BCUT2D eigenvalue weighted by atomic mass is 35.5. The van der Waals surface area contributed by atoms with Crippen molar-refractivity contribution < 1.29 is 4.79 Å². The van der Waals surface area contributed by atoms with E-state index in [-0.39, 0.29) is 5.69 Å². The highest BCUT2D eigenvalue weighted by molar-refractivity contribution is 6.33. The van der Waals surface area contributed by atoms with Crippen molar-refractivity contribution in [3.05, 3.63) is 65.8 Å². The fourth-order valence-electron chi connectivity index (χ4n) is 2.86. The van der Waals surface area contributed by atoms with Crippen molar-refractivity contribution in [3.8, 4) is 22.3 Å². The van der Waals surface area contributed by atoms with E-state index in [4.69, 9.17) is 17.3 Å². The average Bonchev–Trinajstić information content (AvgIpc) is 3.08. The lowest BCUT2D eigenvalue weighted by molar-refractivity contribution is 0.0996. The van der Waals surface area contributed by atoms with Crippen molar-refractivity contribution in [1.82, 2.24) is 19.7 Å². The van der Waals surface area contributed by atoms with Crippen molar-refractivity contribution in [2.75, 3.05) is 0 Å². The molecule has 0 aliphatic rings. The van der Waals surface area contributed by atoms with Gasteiger partial charge >= 0.3 is 0 Å². The molecule has 7 heteroatoms. The van der Waals surface area contributed by atoms with E-state index in [9.17, 15) is 4.79 Å². The summed E-state index contributed by atoms with van der Waals surface area (Å²) < 4.78 is 1.75. The quantitative estimate of drug-likeness (QED) is 0.565. The van der Waals surface area contributed by atoms with Gasteiger partial charge in [-0.05, 0) is 23.3 Å². The molecular formula is C19H14ClN5O. The largest absolute Gasteiger partial charge is 0.364 e. The van der Waals surface area contributed by atoms with E-state index in [0.717, 1.165) is 22.1 Å². The lowest BCUT2D eigenvalue weighted by Gasteiger charge is -2.09. The van der Waals surface area contributed by atoms with Crippen molar-refractivity contribution in [2.24, 2.45) is 12.8 Å². The number of aromatic nitrogens is 4. The highest BCUT2D eigenvalue weighted by Gasteiger charge is 2.14. The Morgan fingerprint density at radius 2 is 1.77 bits per heavy atom. The summed E-state index contributed by atoms with van der Waals surface area (Å²) in [7, 11) is 1.88. The predicted molar refractivity (Wildman–Crippen MR) is 101 cm³/mol. The standard InChI is InChI=1S/C19H14ClN5O/c1-25-10-14(9-23-25)11-2-4-12(5-3-11)16-17-13(8-22-18(16)20)6-7-15(24-17)19(21)26/h2-10H,1H3,(H2,21,26). The normalized spacial score (nSPS) is 11.0. The number of aryl methyl sites for hydroxylation is 1. The van der Waals surface area contributed by atoms with Crippen molar-refractivity contribution >= 4 is 28.4 Å². The van der Waals surface area contributed by atoms with E-state index >= 15 is 0 Å². The van der Waals surface area contributed by atoms with Gasteiger partial charge < -0.3 is 5.73 Å². The number of hydrogen-bond donors (Lipinski definition) is 1. The molecule has 0 radical (unpaired) electrons. The van der Waals surface area contributed by atoms with Crippen LogP contribution in [0.2, 0.25) is 5.15 Å². The van der Waals surface area contributed by atoms with Gasteiger partial charge in [-0.15, -0.1) is 0 Å². The van der Waals surface area contributed by atoms with Crippen LogP contribution >= 0.6 is 11.6 Å². The second-order valence-electron chi connectivity index (χ2n) is 5.90. The molecule has 1 aromatic carbocycles. The number of halogens is 1. The maximum absolute atomic E-state index is 11.5. The van der Waals surface area contributed by atoms with Crippen LogP contribution in [0.4, 0.5) is 0 Å². The van der Waals surface area contributed by atoms with Crippen LogP contribution in [0.25, 0.3) is 33.2 Å². The Bertz CT molecular complexity index is 1130. The van der Waals surface area contributed by atoms with E-state index in [0.29, 0.717) is 16.2 Å². The minimum atomic E-state index is -0.585. The Morgan fingerprint density at radius 3 is 2.42 bits per heavy atom. The van der Waals surface area contributed by atoms with E-state index in [2.05, 4.69) is 15.1 Å². The van der Waals surface area contributed by atoms with Crippen LogP contribution in [-0.4, -0.2) is 25.7 Å². The van der Waals surface area contributed by atoms with Gasteiger partial charge in [0.1, 0.15) is 10.8 Å². The first kappa shape index (κ1) is 16.2. The molecule has 0 bridgehead atoms. The minimum Gasteiger partial charge on any atom is -0.364 e. The Kier molecular flexibility index (Phi) is 3.89. The molecular weight excluding hydrogens is 350 g/mol. The number of rotatable bonds is 3. The maximum Gasteiger partial charge on any atom is 0.267 e. The topological polar surface area (TPSA) is 86.7 Å². The molecule has 26 heavy (non-hydrogen) atoms. The summed E-state index contributed by atoms with van der Waals surface area (Å²) in [5.74, 6) is -0.585. The molecule has 0 aliphatic carbocycles. The summed E-state index contributed by atoms with van der Waals surface area (Å²) >= 11 is 6.35. The molecule has 6 nitrogen and oxygen atoms in total. The smallest absolute Gasteiger partial charge is 0.267 e. The zero-order valence-electron chi connectivity index (χ0n) is 13.8. The number of carbonyl (C=O) groups is 1. The highest BCUT2D eigenvalue weighted by Crippen LogP contribution is 2.34. The zero-order valence-corrected chi connectivity index (χ0v) is 14.6. The molecule has 1 amide bonds. The summed E-state index contributed by atoms with van der Waals surface area (Å²) in [5.41, 5.74) is 9.73. The summed E-state index contributed by atoms with van der Waals surface area (Å²) in [6.07, 6.45) is 5.38. The molecule has 4 aromatic rings. The number of hydrogen-bond acceptors (Lipinski definition) is 4. The Morgan fingerprint density at radius 1 is 1.04 bits per heavy atom. The average molecular weight is 364 g/mol. The molecule has 3 aromatic heterocycles. The lowest BCUT2D eigenvalue weighted by atomic mass is 10.0. The van der Waals surface area contributed by atoms with Gasteiger partial charge in [0.25, 0.3) is 5.91 Å². The first-order valence-electron chi connectivity index (χ1n) is 7.87. The molecule has 0 atom stereocenters. The molecule has 0 aliphatic heterocycles. The molecule has 0 saturated carbocycles. The summed E-state index contributed by atoms with van der Waals surface area (Å²) in [4.78, 5) is 20.1. The van der Waals surface area contributed by atoms with E-state index in [1.165, 1.54) is 0 Å². The van der Waals surface area contributed by atoms with Gasteiger partial charge in [-0.25, -0.2) is 9.97 Å². The fraction of sp³-hybridized carbons (Fsp3) is 0.0526. The second-order valence-corrected chi connectivity index (χ2v) is 6.26. The van der Waals surface area contributed by atoms with Gasteiger partial charge in [0.05, 0.1) is 11.7 Å². The van der Waals surface area contributed by atoms with Gasteiger partial charge in [0.2, 0.25) is 0 Å². The van der Waals surface area contributed by atoms with E-state index in [1.54, 1.807) is 23.0 Å². The zero-order chi connectivity index (χ0) is 18.3. The number of nitrogens with two attached hydrogens (primary N) is 1.